The maximum Gasteiger partial charge on any atom is 0.328 e. The highest BCUT2D eigenvalue weighted by Gasteiger charge is 2.19. The number of aliphatic carboxylic acids is 1. The number of esters is 1. The number of aliphatic hydroxyl groups excluding tert-OH is 1. The number of carboxylic acid groups (broad SMARTS) is 1. The Kier molecular flexibility index (Phi) is 29.9. The quantitative estimate of drug-likeness (QED) is 0.0339. The minimum absolute atomic E-state index is 0.0388. The monoisotopic (exact) mass is 638 g/mol. The summed E-state index contributed by atoms with van der Waals surface area (Å²) in [5.74, 6) is -2.34. The molecule has 9 heteroatoms. The lowest BCUT2D eigenvalue weighted by atomic mass is 10.0. The fraction of sp³-hybridized carbons (Fsp3) is 0.833. The molecule has 0 saturated carbocycles. The van der Waals surface area contributed by atoms with Crippen LogP contribution in [-0.2, 0) is 23.9 Å². The SMILES string of the molecule is CCCCC/C=C\CCCCCCCC(=O)OC(CCCCCCCC)CCCCCCC(=O)NCC(=O)NC(CO)C(=O)O. The molecule has 0 radical (unpaired) electrons. The second-order valence-corrected chi connectivity index (χ2v) is 12.3. The summed E-state index contributed by atoms with van der Waals surface area (Å²) in [6.45, 7) is 3.40. The zero-order valence-electron chi connectivity index (χ0n) is 28.6. The molecule has 4 N–H and O–H groups in total. The van der Waals surface area contributed by atoms with E-state index >= 15 is 0 Å². The number of ether oxygens (including phenoxy) is 1. The molecule has 0 spiro atoms. The van der Waals surface area contributed by atoms with Gasteiger partial charge in [0, 0.05) is 12.8 Å². The van der Waals surface area contributed by atoms with Crippen molar-refractivity contribution in [3.05, 3.63) is 12.2 Å². The van der Waals surface area contributed by atoms with E-state index in [1.807, 2.05) is 0 Å². The first-order valence-corrected chi connectivity index (χ1v) is 18.1. The molecule has 0 aromatic carbocycles. The number of unbranched alkanes of at least 4 members (excludes halogenated alkanes) is 16. The molecule has 9 nitrogen and oxygen atoms in total. The number of hydrogen-bond donors (Lipinski definition) is 4. The summed E-state index contributed by atoms with van der Waals surface area (Å²) in [6.07, 6.45) is 29.6. The highest BCUT2D eigenvalue weighted by molar-refractivity contribution is 5.87. The van der Waals surface area contributed by atoms with E-state index in [9.17, 15) is 19.2 Å². The van der Waals surface area contributed by atoms with Crippen molar-refractivity contribution in [2.45, 2.75) is 180 Å². The van der Waals surface area contributed by atoms with Gasteiger partial charge in [-0.3, -0.25) is 14.4 Å². The van der Waals surface area contributed by atoms with Crippen LogP contribution in [-0.4, -0.2) is 59.3 Å². The number of allylic oxidation sites excluding steroid dienone is 2. The molecule has 0 aliphatic heterocycles. The van der Waals surface area contributed by atoms with Crippen molar-refractivity contribution in [3.63, 3.8) is 0 Å². The summed E-state index contributed by atoms with van der Waals surface area (Å²) >= 11 is 0. The number of carbonyl (C=O) groups is 4. The summed E-state index contributed by atoms with van der Waals surface area (Å²) < 4.78 is 5.93. The molecule has 0 fully saturated rings. The maximum absolute atomic E-state index is 12.6. The highest BCUT2D eigenvalue weighted by Crippen LogP contribution is 2.18. The lowest BCUT2D eigenvalue weighted by Gasteiger charge is -2.18. The van der Waals surface area contributed by atoms with Crippen LogP contribution in [0.1, 0.15) is 168 Å². The van der Waals surface area contributed by atoms with E-state index in [4.69, 9.17) is 14.9 Å². The Morgan fingerprint density at radius 3 is 1.71 bits per heavy atom. The van der Waals surface area contributed by atoms with Crippen LogP contribution in [0.5, 0.6) is 0 Å². The van der Waals surface area contributed by atoms with Gasteiger partial charge >= 0.3 is 11.9 Å². The minimum atomic E-state index is -1.38. The van der Waals surface area contributed by atoms with Crippen LogP contribution in [0.2, 0.25) is 0 Å². The van der Waals surface area contributed by atoms with Gasteiger partial charge in [-0.15, -0.1) is 0 Å². The zero-order chi connectivity index (χ0) is 33.4. The average Bonchev–Trinajstić information content (AvgIpc) is 3.02. The number of rotatable bonds is 32. The molecular formula is C36H66N2O7. The fourth-order valence-electron chi connectivity index (χ4n) is 5.18. The number of nitrogens with one attached hydrogen (secondary N) is 2. The smallest absolute Gasteiger partial charge is 0.328 e. The Hall–Kier alpha value is -2.42. The van der Waals surface area contributed by atoms with Crippen LogP contribution >= 0.6 is 0 Å². The van der Waals surface area contributed by atoms with Gasteiger partial charge in [-0.1, -0.05) is 103 Å². The normalized spacial score (nSPS) is 12.6. The molecule has 2 amide bonds. The molecule has 0 rings (SSSR count). The van der Waals surface area contributed by atoms with Crippen LogP contribution in [0.4, 0.5) is 0 Å². The largest absolute Gasteiger partial charge is 0.480 e. The van der Waals surface area contributed by atoms with Crippen LogP contribution in [0.3, 0.4) is 0 Å². The summed E-state index contributed by atoms with van der Waals surface area (Å²) in [7, 11) is 0. The molecule has 262 valence electrons. The topological polar surface area (TPSA) is 142 Å². The van der Waals surface area contributed by atoms with E-state index in [1.54, 1.807) is 0 Å². The predicted octanol–water partition coefficient (Wildman–Crippen LogP) is 7.53. The number of aliphatic hydroxyl groups is 1. The van der Waals surface area contributed by atoms with Gasteiger partial charge < -0.3 is 25.6 Å². The van der Waals surface area contributed by atoms with E-state index in [2.05, 4.69) is 36.6 Å². The van der Waals surface area contributed by atoms with Crippen LogP contribution in [0.15, 0.2) is 12.2 Å². The molecule has 45 heavy (non-hydrogen) atoms. The van der Waals surface area contributed by atoms with Crippen LogP contribution in [0.25, 0.3) is 0 Å². The fourth-order valence-corrected chi connectivity index (χ4v) is 5.18. The Morgan fingerprint density at radius 2 is 1.13 bits per heavy atom. The highest BCUT2D eigenvalue weighted by atomic mass is 16.5. The Morgan fingerprint density at radius 1 is 0.644 bits per heavy atom. The maximum atomic E-state index is 12.6. The molecule has 0 heterocycles. The van der Waals surface area contributed by atoms with Gasteiger partial charge in [-0.05, 0) is 64.2 Å². The van der Waals surface area contributed by atoms with Crippen molar-refractivity contribution in [3.8, 4) is 0 Å². The van der Waals surface area contributed by atoms with Crippen LogP contribution in [0, 0.1) is 0 Å². The van der Waals surface area contributed by atoms with Gasteiger partial charge in [0.05, 0.1) is 13.2 Å². The number of amides is 2. The zero-order valence-corrected chi connectivity index (χ0v) is 28.6. The van der Waals surface area contributed by atoms with E-state index < -0.39 is 24.5 Å². The summed E-state index contributed by atoms with van der Waals surface area (Å²) in [5.41, 5.74) is 0. The standard InChI is InChI=1S/C36H66N2O7/c1-3-5-7-9-11-12-13-14-15-16-18-24-28-35(42)45-31(25-21-17-10-8-6-4-2)26-22-19-20-23-27-33(40)37-29-34(41)38-32(30-39)36(43)44/h11-12,31-32,39H,3-10,13-30H2,1-2H3,(H,37,40)(H,38,41)(H,43,44)/b12-11-. The third kappa shape index (κ3) is 28.8. The Balaban J connectivity index is 4.20. The third-order valence-electron chi connectivity index (χ3n) is 8.01. The van der Waals surface area contributed by atoms with Gasteiger partial charge in [0.25, 0.3) is 0 Å². The molecule has 0 aromatic heterocycles. The van der Waals surface area contributed by atoms with Crippen molar-refractivity contribution >= 4 is 23.8 Å². The van der Waals surface area contributed by atoms with Gasteiger partial charge in [-0.25, -0.2) is 4.79 Å². The van der Waals surface area contributed by atoms with Crippen molar-refractivity contribution < 1.29 is 34.1 Å². The van der Waals surface area contributed by atoms with Gasteiger partial charge in [-0.2, -0.15) is 0 Å². The van der Waals surface area contributed by atoms with Crippen molar-refractivity contribution in [2.75, 3.05) is 13.2 Å². The van der Waals surface area contributed by atoms with Gasteiger partial charge in [0.15, 0.2) is 0 Å². The van der Waals surface area contributed by atoms with Gasteiger partial charge in [0.2, 0.25) is 11.8 Å². The number of carboxylic acids is 1. The van der Waals surface area contributed by atoms with Crippen molar-refractivity contribution in [2.24, 2.45) is 0 Å². The van der Waals surface area contributed by atoms with Crippen LogP contribution < -0.4 is 10.6 Å². The molecule has 0 saturated heterocycles. The number of carbonyl (C=O) groups excluding carboxylic acids is 3. The van der Waals surface area contributed by atoms with E-state index in [-0.39, 0.29) is 30.9 Å². The molecule has 2 unspecified atom stereocenters. The average molecular weight is 639 g/mol. The molecule has 2 atom stereocenters. The summed E-state index contributed by atoms with van der Waals surface area (Å²) in [5, 5.41) is 22.4. The Bertz CT molecular complexity index is 787. The second-order valence-electron chi connectivity index (χ2n) is 12.3. The first kappa shape index (κ1) is 42.6. The minimum Gasteiger partial charge on any atom is -0.480 e. The van der Waals surface area contributed by atoms with E-state index in [0.29, 0.717) is 12.8 Å². The van der Waals surface area contributed by atoms with Gasteiger partial charge in [0.1, 0.15) is 12.1 Å². The van der Waals surface area contributed by atoms with Crippen molar-refractivity contribution in [1.29, 1.82) is 0 Å². The lowest BCUT2D eigenvalue weighted by Crippen LogP contribution is -2.47. The molecule has 0 aliphatic rings. The van der Waals surface area contributed by atoms with E-state index in [0.717, 1.165) is 64.2 Å². The summed E-state index contributed by atoms with van der Waals surface area (Å²) in [6, 6.07) is -1.38. The van der Waals surface area contributed by atoms with E-state index in [1.165, 1.54) is 70.6 Å². The molecule has 0 aliphatic carbocycles. The lowest BCUT2D eigenvalue weighted by molar-refractivity contribution is -0.150. The number of hydrogen-bond acceptors (Lipinski definition) is 6. The molecular weight excluding hydrogens is 572 g/mol. The molecule has 0 bridgehead atoms. The Labute approximate surface area is 273 Å². The van der Waals surface area contributed by atoms with Crippen molar-refractivity contribution in [1.82, 2.24) is 10.6 Å². The molecule has 0 aromatic rings. The predicted molar refractivity (Wildman–Crippen MR) is 181 cm³/mol. The first-order valence-electron chi connectivity index (χ1n) is 18.1. The third-order valence-corrected chi connectivity index (χ3v) is 8.01. The summed E-state index contributed by atoms with van der Waals surface area (Å²) in [4.78, 5) is 47.2. The first-order chi connectivity index (χ1) is 21.8. The second kappa shape index (κ2) is 31.6.